The van der Waals surface area contributed by atoms with Crippen LogP contribution in [0.4, 0.5) is 5.69 Å². The lowest BCUT2D eigenvalue weighted by molar-refractivity contribution is -0.140. The van der Waals surface area contributed by atoms with Gasteiger partial charge in [0.05, 0.1) is 17.7 Å². The van der Waals surface area contributed by atoms with Gasteiger partial charge in [-0.2, -0.15) is 0 Å². The Hall–Kier alpha value is -3.27. The average molecular weight is 607 g/mol. The molecule has 2 amide bonds. The van der Waals surface area contributed by atoms with Crippen molar-refractivity contribution in [2.45, 2.75) is 50.7 Å². The third-order valence-corrected chi connectivity index (χ3v) is 8.22. The first kappa shape index (κ1) is 31.3. The first-order chi connectivity index (χ1) is 18.7. The van der Waals surface area contributed by atoms with Crippen LogP contribution >= 0.6 is 23.2 Å². The number of methoxy groups -OCH3 is 1. The quantitative estimate of drug-likeness (QED) is 0.328. The van der Waals surface area contributed by atoms with E-state index >= 15 is 0 Å². The fraction of sp³-hybridized carbons (Fsp3) is 0.310. The third-order valence-electron chi connectivity index (χ3n) is 5.95. The second kappa shape index (κ2) is 12.9. The number of rotatable bonds is 10. The van der Waals surface area contributed by atoms with Crippen LogP contribution in [-0.4, -0.2) is 50.4 Å². The van der Waals surface area contributed by atoms with Gasteiger partial charge in [-0.15, -0.1) is 0 Å². The van der Waals surface area contributed by atoms with Gasteiger partial charge in [0.15, 0.2) is 0 Å². The largest absolute Gasteiger partial charge is 0.497 e. The molecule has 3 aromatic rings. The minimum absolute atomic E-state index is 0.0315. The van der Waals surface area contributed by atoms with E-state index in [2.05, 4.69) is 5.32 Å². The van der Waals surface area contributed by atoms with Gasteiger partial charge >= 0.3 is 0 Å². The van der Waals surface area contributed by atoms with Crippen LogP contribution in [0.2, 0.25) is 10.0 Å². The monoisotopic (exact) mass is 605 g/mol. The highest BCUT2D eigenvalue weighted by Crippen LogP contribution is 2.27. The molecule has 0 saturated heterocycles. The van der Waals surface area contributed by atoms with E-state index in [1.807, 2.05) is 20.8 Å². The van der Waals surface area contributed by atoms with Gasteiger partial charge < -0.3 is 15.0 Å². The zero-order valence-corrected chi connectivity index (χ0v) is 25.3. The van der Waals surface area contributed by atoms with Gasteiger partial charge in [-0.3, -0.25) is 13.9 Å². The van der Waals surface area contributed by atoms with Crippen molar-refractivity contribution in [2.24, 2.45) is 0 Å². The summed E-state index contributed by atoms with van der Waals surface area (Å²) in [5.74, 6) is -0.470. The van der Waals surface area contributed by atoms with Gasteiger partial charge in [0.1, 0.15) is 18.3 Å². The van der Waals surface area contributed by atoms with E-state index in [1.54, 1.807) is 43.3 Å². The first-order valence-electron chi connectivity index (χ1n) is 12.5. The maximum Gasteiger partial charge on any atom is 0.264 e. The summed E-state index contributed by atoms with van der Waals surface area (Å²) in [6.07, 6.45) is 0. The van der Waals surface area contributed by atoms with E-state index in [9.17, 15) is 18.0 Å². The highest BCUT2D eigenvalue weighted by atomic mass is 35.5. The number of nitrogens with one attached hydrogen (secondary N) is 1. The molecule has 40 heavy (non-hydrogen) atoms. The lowest BCUT2D eigenvalue weighted by Gasteiger charge is -2.33. The predicted octanol–water partition coefficient (Wildman–Crippen LogP) is 5.53. The van der Waals surface area contributed by atoms with Crippen molar-refractivity contribution in [1.29, 1.82) is 0 Å². The normalized spacial score (nSPS) is 12.4. The van der Waals surface area contributed by atoms with E-state index in [-0.39, 0.29) is 23.0 Å². The molecule has 0 saturated carbocycles. The molecule has 0 aliphatic heterocycles. The highest BCUT2D eigenvalue weighted by Gasteiger charge is 2.33. The van der Waals surface area contributed by atoms with E-state index in [0.29, 0.717) is 21.4 Å². The van der Waals surface area contributed by atoms with E-state index in [0.717, 1.165) is 4.31 Å². The lowest BCUT2D eigenvalue weighted by Crippen LogP contribution is -2.54. The number of nitrogens with zero attached hydrogens (tertiary/aromatic N) is 2. The number of halogens is 2. The van der Waals surface area contributed by atoms with Crippen LogP contribution in [0.3, 0.4) is 0 Å². The van der Waals surface area contributed by atoms with Gasteiger partial charge in [0, 0.05) is 22.1 Å². The summed E-state index contributed by atoms with van der Waals surface area (Å²) in [5, 5.41) is 3.78. The Morgan fingerprint density at radius 2 is 1.57 bits per heavy atom. The van der Waals surface area contributed by atoms with Gasteiger partial charge in [-0.25, -0.2) is 8.42 Å². The maximum absolute atomic E-state index is 13.9. The van der Waals surface area contributed by atoms with E-state index < -0.39 is 34.1 Å². The second-order valence-corrected chi connectivity index (χ2v) is 13.0. The molecule has 0 aliphatic carbocycles. The smallest absolute Gasteiger partial charge is 0.264 e. The lowest BCUT2D eigenvalue weighted by atomic mass is 10.1. The zero-order chi connectivity index (χ0) is 29.7. The number of sulfonamides is 1. The van der Waals surface area contributed by atoms with Gasteiger partial charge in [-0.05, 0) is 93.9 Å². The van der Waals surface area contributed by atoms with Crippen molar-refractivity contribution in [1.82, 2.24) is 10.2 Å². The molecular weight excluding hydrogens is 573 g/mol. The van der Waals surface area contributed by atoms with Crippen molar-refractivity contribution in [3.8, 4) is 5.75 Å². The standard InChI is InChI=1S/C29H33Cl2N3O5S/c1-20(28(36)32-29(2,3)4)33(18-21-7-6-8-23(31)17-21)27(35)19-34(24-11-9-22(30)10-12-24)40(37,38)26-15-13-25(39-5)14-16-26/h6-17,20H,18-19H2,1-5H3,(H,32,36)/t20-/m0/s1. The van der Waals surface area contributed by atoms with Crippen LogP contribution < -0.4 is 14.4 Å². The molecule has 8 nitrogen and oxygen atoms in total. The Labute approximate surface area is 245 Å². The molecular formula is C29H33Cl2N3O5S. The molecule has 0 aromatic heterocycles. The summed E-state index contributed by atoms with van der Waals surface area (Å²) in [7, 11) is -2.73. The van der Waals surface area contributed by atoms with Crippen LogP contribution in [0.1, 0.15) is 33.3 Å². The molecule has 3 rings (SSSR count). The van der Waals surface area contributed by atoms with Crippen LogP contribution in [-0.2, 0) is 26.2 Å². The topological polar surface area (TPSA) is 96.0 Å². The van der Waals surface area contributed by atoms with Crippen molar-refractivity contribution >= 4 is 50.7 Å². The summed E-state index contributed by atoms with van der Waals surface area (Å²) in [4.78, 5) is 28.4. The molecule has 214 valence electrons. The molecule has 0 aliphatic rings. The Balaban J connectivity index is 2.03. The van der Waals surface area contributed by atoms with Crippen LogP contribution in [0, 0.1) is 0 Å². The van der Waals surface area contributed by atoms with Crippen molar-refractivity contribution < 1.29 is 22.7 Å². The third kappa shape index (κ3) is 8.13. The number of ether oxygens (including phenoxy) is 1. The fourth-order valence-electron chi connectivity index (χ4n) is 3.90. The number of carbonyl (C=O) groups excluding carboxylic acids is 2. The highest BCUT2D eigenvalue weighted by molar-refractivity contribution is 7.92. The fourth-order valence-corrected chi connectivity index (χ4v) is 5.65. The van der Waals surface area contributed by atoms with Gasteiger partial charge in [-0.1, -0.05) is 35.3 Å². The van der Waals surface area contributed by atoms with Crippen LogP contribution in [0.15, 0.2) is 77.7 Å². The Kier molecular flexibility index (Phi) is 10.1. The average Bonchev–Trinajstić information content (AvgIpc) is 2.89. The predicted molar refractivity (Wildman–Crippen MR) is 158 cm³/mol. The molecule has 0 fully saturated rings. The summed E-state index contributed by atoms with van der Waals surface area (Å²) >= 11 is 12.2. The molecule has 1 atom stereocenters. The minimum Gasteiger partial charge on any atom is -0.497 e. The van der Waals surface area contributed by atoms with E-state index in [1.165, 1.54) is 48.4 Å². The molecule has 0 radical (unpaired) electrons. The van der Waals surface area contributed by atoms with Gasteiger partial charge in [0.2, 0.25) is 11.8 Å². The number of carbonyl (C=O) groups is 2. The number of benzene rings is 3. The Morgan fingerprint density at radius 1 is 0.950 bits per heavy atom. The van der Waals surface area contributed by atoms with Crippen LogP contribution in [0.5, 0.6) is 5.75 Å². The van der Waals surface area contributed by atoms with Crippen LogP contribution in [0.25, 0.3) is 0 Å². The minimum atomic E-state index is -4.21. The summed E-state index contributed by atoms with van der Waals surface area (Å²) < 4.78 is 33.9. The van der Waals surface area contributed by atoms with Gasteiger partial charge in [0.25, 0.3) is 10.0 Å². The van der Waals surface area contributed by atoms with Crippen molar-refractivity contribution in [3.05, 3.63) is 88.4 Å². The number of hydrogen-bond acceptors (Lipinski definition) is 5. The van der Waals surface area contributed by atoms with Crippen molar-refractivity contribution in [2.75, 3.05) is 18.0 Å². The molecule has 0 unspecified atom stereocenters. The molecule has 11 heteroatoms. The second-order valence-electron chi connectivity index (χ2n) is 10.2. The molecule has 1 N–H and O–H groups in total. The molecule has 0 spiro atoms. The van der Waals surface area contributed by atoms with E-state index in [4.69, 9.17) is 27.9 Å². The molecule has 0 bridgehead atoms. The molecule has 3 aromatic carbocycles. The first-order valence-corrected chi connectivity index (χ1v) is 14.7. The molecule has 0 heterocycles. The Morgan fingerprint density at radius 3 is 2.12 bits per heavy atom. The number of anilines is 1. The maximum atomic E-state index is 13.9. The van der Waals surface area contributed by atoms with Crippen molar-refractivity contribution in [3.63, 3.8) is 0 Å². The summed E-state index contributed by atoms with van der Waals surface area (Å²) in [5.41, 5.74) is 0.388. The SMILES string of the molecule is COc1ccc(S(=O)(=O)N(CC(=O)N(Cc2cccc(Cl)c2)[C@@H](C)C(=O)NC(C)(C)C)c2ccc(Cl)cc2)cc1. The summed E-state index contributed by atoms with van der Waals surface area (Å²) in [6.45, 7) is 6.59. The summed E-state index contributed by atoms with van der Waals surface area (Å²) in [6, 6.07) is 18.0. The number of hydrogen-bond donors (Lipinski definition) is 1. The zero-order valence-electron chi connectivity index (χ0n) is 23.0. The number of amides is 2. The Bertz CT molecular complexity index is 1440.